The monoisotopic (exact) mass is 240 g/mol. The number of anilines is 2. The molecule has 0 saturated heterocycles. The lowest BCUT2D eigenvalue weighted by Crippen LogP contribution is -1.99. The molecule has 18 heavy (non-hydrogen) atoms. The normalized spacial score (nSPS) is 10.2. The average molecular weight is 240 g/mol. The van der Waals surface area contributed by atoms with Gasteiger partial charge in [-0.15, -0.1) is 0 Å². The van der Waals surface area contributed by atoms with Gasteiger partial charge < -0.3 is 10.6 Å². The van der Waals surface area contributed by atoms with Crippen LogP contribution in [0, 0.1) is 13.8 Å². The summed E-state index contributed by atoms with van der Waals surface area (Å²) in [6.45, 7) is 4.31. The molecule has 2 nitrogen and oxygen atoms in total. The van der Waals surface area contributed by atoms with Crippen molar-refractivity contribution in [2.45, 2.75) is 13.8 Å². The van der Waals surface area contributed by atoms with Crippen molar-refractivity contribution in [3.63, 3.8) is 0 Å². The minimum atomic E-state index is 1.17. The molecule has 0 unspecified atom stereocenters. The number of aryl methyl sites for hydroxylation is 2. The number of benzene rings is 2. The summed E-state index contributed by atoms with van der Waals surface area (Å²) in [4.78, 5) is 0. The molecule has 0 aromatic heterocycles. The van der Waals surface area contributed by atoms with Gasteiger partial charge in [0.15, 0.2) is 0 Å². The quantitative estimate of drug-likeness (QED) is 0.845. The molecule has 94 valence electrons. The Morgan fingerprint density at radius 3 is 1.39 bits per heavy atom. The van der Waals surface area contributed by atoms with Crippen molar-refractivity contribution in [3.8, 4) is 11.1 Å². The zero-order chi connectivity index (χ0) is 13.1. The first-order valence-electron chi connectivity index (χ1n) is 6.24. The maximum Gasteiger partial charge on any atom is 0.0420 e. The van der Waals surface area contributed by atoms with Gasteiger partial charge in [0.1, 0.15) is 0 Å². The third-order valence-electron chi connectivity index (χ3n) is 3.33. The van der Waals surface area contributed by atoms with E-state index in [1.54, 1.807) is 0 Å². The van der Waals surface area contributed by atoms with Gasteiger partial charge in [-0.25, -0.2) is 0 Å². The third-order valence-corrected chi connectivity index (χ3v) is 3.33. The van der Waals surface area contributed by atoms with Crippen molar-refractivity contribution in [1.82, 2.24) is 0 Å². The van der Waals surface area contributed by atoms with E-state index in [-0.39, 0.29) is 0 Å². The van der Waals surface area contributed by atoms with E-state index in [4.69, 9.17) is 0 Å². The molecule has 2 aromatic rings. The zero-order valence-corrected chi connectivity index (χ0v) is 11.5. The smallest absolute Gasteiger partial charge is 0.0420 e. The Bertz CT molecular complexity index is 508. The Hall–Kier alpha value is -1.96. The van der Waals surface area contributed by atoms with Crippen LogP contribution in [-0.2, 0) is 0 Å². The van der Waals surface area contributed by atoms with E-state index in [1.165, 1.54) is 33.6 Å². The molecule has 0 aliphatic rings. The Morgan fingerprint density at radius 2 is 1.06 bits per heavy atom. The van der Waals surface area contributed by atoms with Crippen LogP contribution in [-0.4, -0.2) is 14.1 Å². The number of hydrogen-bond acceptors (Lipinski definition) is 2. The van der Waals surface area contributed by atoms with Crippen molar-refractivity contribution < 1.29 is 0 Å². The van der Waals surface area contributed by atoms with Crippen LogP contribution in [0.2, 0.25) is 0 Å². The molecule has 0 bridgehead atoms. The molecule has 2 aromatic carbocycles. The summed E-state index contributed by atoms with van der Waals surface area (Å²) in [5.41, 5.74) is 7.46. The van der Waals surface area contributed by atoms with Crippen LogP contribution in [0.15, 0.2) is 36.4 Å². The van der Waals surface area contributed by atoms with Gasteiger partial charge in [0.2, 0.25) is 0 Å². The lowest BCUT2D eigenvalue weighted by atomic mass is 9.93. The van der Waals surface area contributed by atoms with Crippen molar-refractivity contribution in [1.29, 1.82) is 0 Å². The molecule has 0 fully saturated rings. The Kier molecular flexibility index (Phi) is 3.56. The highest BCUT2D eigenvalue weighted by Gasteiger charge is 2.13. The van der Waals surface area contributed by atoms with E-state index >= 15 is 0 Å². The fourth-order valence-corrected chi connectivity index (χ4v) is 2.42. The standard InChI is InChI=1S/C16H20N2/c1-11-7-5-9-13(17-3)15(11)16-12(2)8-6-10-14(16)18-4/h5-10,17-18H,1-4H3. The van der Waals surface area contributed by atoms with Crippen LogP contribution in [0.1, 0.15) is 11.1 Å². The van der Waals surface area contributed by atoms with Gasteiger partial charge in [0, 0.05) is 36.6 Å². The second-order valence-corrected chi connectivity index (χ2v) is 4.49. The number of nitrogens with one attached hydrogen (secondary N) is 2. The second-order valence-electron chi connectivity index (χ2n) is 4.49. The van der Waals surface area contributed by atoms with Crippen molar-refractivity contribution in [2.24, 2.45) is 0 Å². The summed E-state index contributed by atoms with van der Waals surface area (Å²) in [5, 5.41) is 6.57. The number of rotatable bonds is 3. The molecule has 0 heterocycles. The zero-order valence-electron chi connectivity index (χ0n) is 11.5. The molecule has 0 atom stereocenters. The first-order chi connectivity index (χ1) is 8.69. The van der Waals surface area contributed by atoms with Crippen LogP contribution < -0.4 is 10.6 Å². The summed E-state index contributed by atoms with van der Waals surface area (Å²) < 4.78 is 0. The highest BCUT2D eigenvalue weighted by atomic mass is 14.8. The van der Waals surface area contributed by atoms with Crippen molar-refractivity contribution in [2.75, 3.05) is 24.7 Å². The molecule has 0 spiro atoms. The minimum Gasteiger partial charge on any atom is -0.388 e. The molecule has 0 aliphatic heterocycles. The van der Waals surface area contributed by atoms with Gasteiger partial charge in [0.25, 0.3) is 0 Å². The first kappa shape index (κ1) is 12.5. The van der Waals surface area contributed by atoms with Crippen LogP contribution in [0.3, 0.4) is 0 Å². The lowest BCUT2D eigenvalue weighted by Gasteiger charge is -2.18. The summed E-state index contributed by atoms with van der Waals surface area (Å²) in [6, 6.07) is 12.7. The van der Waals surface area contributed by atoms with Crippen LogP contribution in [0.5, 0.6) is 0 Å². The average Bonchev–Trinajstić information content (AvgIpc) is 2.38. The van der Waals surface area contributed by atoms with Crippen LogP contribution in [0.4, 0.5) is 11.4 Å². The molecular weight excluding hydrogens is 220 g/mol. The predicted molar refractivity (Wildman–Crippen MR) is 80.4 cm³/mol. The largest absolute Gasteiger partial charge is 0.388 e. The van der Waals surface area contributed by atoms with Crippen LogP contribution >= 0.6 is 0 Å². The summed E-state index contributed by atoms with van der Waals surface area (Å²) in [5.74, 6) is 0. The maximum atomic E-state index is 3.29. The van der Waals surface area contributed by atoms with E-state index in [0.717, 1.165) is 0 Å². The fourth-order valence-electron chi connectivity index (χ4n) is 2.42. The fraction of sp³-hybridized carbons (Fsp3) is 0.250. The summed E-state index contributed by atoms with van der Waals surface area (Å²) >= 11 is 0. The van der Waals surface area contributed by atoms with Gasteiger partial charge in [-0.05, 0) is 37.1 Å². The summed E-state index contributed by atoms with van der Waals surface area (Å²) in [7, 11) is 3.94. The highest BCUT2D eigenvalue weighted by molar-refractivity contribution is 5.90. The molecule has 0 amide bonds. The minimum absolute atomic E-state index is 1.17. The summed E-state index contributed by atoms with van der Waals surface area (Å²) in [6.07, 6.45) is 0. The molecule has 2 rings (SSSR count). The molecule has 2 heteroatoms. The third kappa shape index (κ3) is 2.06. The molecule has 0 aliphatic carbocycles. The maximum absolute atomic E-state index is 3.29. The number of hydrogen-bond donors (Lipinski definition) is 2. The molecule has 0 radical (unpaired) electrons. The van der Waals surface area contributed by atoms with E-state index in [1.807, 2.05) is 14.1 Å². The first-order valence-corrected chi connectivity index (χ1v) is 6.24. The Labute approximate surface area is 109 Å². The second kappa shape index (κ2) is 5.13. The Balaban J connectivity index is 2.76. The predicted octanol–water partition coefficient (Wildman–Crippen LogP) is 4.05. The van der Waals surface area contributed by atoms with Gasteiger partial charge in [-0.2, -0.15) is 0 Å². The van der Waals surface area contributed by atoms with Gasteiger partial charge in [-0.3, -0.25) is 0 Å². The SMILES string of the molecule is CNc1cccc(C)c1-c1c(C)cccc1NC. The molecular formula is C16H20N2. The lowest BCUT2D eigenvalue weighted by molar-refractivity contribution is 1.37. The highest BCUT2D eigenvalue weighted by Crippen LogP contribution is 2.38. The van der Waals surface area contributed by atoms with Gasteiger partial charge >= 0.3 is 0 Å². The van der Waals surface area contributed by atoms with Gasteiger partial charge in [-0.1, -0.05) is 24.3 Å². The molecule has 0 saturated carbocycles. The van der Waals surface area contributed by atoms with Crippen molar-refractivity contribution in [3.05, 3.63) is 47.5 Å². The van der Waals surface area contributed by atoms with Crippen molar-refractivity contribution >= 4 is 11.4 Å². The topological polar surface area (TPSA) is 24.1 Å². The Morgan fingerprint density at radius 1 is 0.667 bits per heavy atom. The van der Waals surface area contributed by atoms with E-state index in [9.17, 15) is 0 Å². The molecule has 2 N–H and O–H groups in total. The van der Waals surface area contributed by atoms with Gasteiger partial charge in [0.05, 0.1) is 0 Å². The van der Waals surface area contributed by atoms with Crippen LogP contribution in [0.25, 0.3) is 11.1 Å². The van der Waals surface area contributed by atoms with E-state index in [0.29, 0.717) is 0 Å². The van der Waals surface area contributed by atoms with E-state index in [2.05, 4.69) is 60.9 Å². The van der Waals surface area contributed by atoms with E-state index < -0.39 is 0 Å².